The van der Waals surface area contributed by atoms with Crippen LogP contribution < -0.4 is 10.6 Å². The third-order valence-corrected chi connectivity index (χ3v) is 3.80. The standard InChI is InChI=1S/C19H17F2N3O4/c20-12-3-4-14(15(21)8-12)16-10-24-19(28-16)6-5-17(25)23-11-18(26)22-9-13-2-1-7-27-13/h1-4,7-8,10H,5-6,9,11H2,(H,22,26)(H,23,25). The first-order chi connectivity index (χ1) is 13.5. The Kier molecular flexibility index (Phi) is 6.15. The fourth-order valence-corrected chi connectivity index (χ4v) is 2.39. The van der Waals surface area contributed by atoms with Gasteiger partial charge in [0.05, 0.1) is 31.1 Å². The van der Waals surface area contributed by atoms with E-state index in [2.05, 4.69) is 15.6 Å². The molecule has 0 aliphatic carbocycles. The van der Waals surface area contributed by atoms with Crippen molar-refractivity contribution in [2.75, 3.05) is 6.54 Å². The molecule has 28 heavy (non-hydrogen) atoms. The Morgan fingerprint density at radius 3 is 2.71 bits per heavy atom. The zero-order chi connectivity index (χ0) is 19.9. The highest BCUT2D eigenvalue weighted by molar-refractivity contribution is 5.84. The number of rotatable bonds is 8. The molecule has 0 saturated heterocycles. The van der Waals surface area contributed by atoms with E-state index in [1.807, 2.05) is 0 Å². The second-order valence-corrected chi connectivity index (χ2v) is 5.88. The van der Waals surface area contributed by atoms with E-state index < -0.39 is 11.6 Å². The van der Waals surface area contributed by atoms with Crippen LogP contribution in [0.15, 0.2) is 51.6 Å². The van der Waals surface area contributed by atoms with Gasteiger partial charge in [0.1, 0.15) is 17.4 Å². The molecular weight excluding hydrogens is 372 g/mol. The fourth-order valence-electron chi connectivity index (χ4n) is 2.39. The van der Waals surface area contributed by atoms with E-state index in [1.54, 1.807) is 12.1 Å². The van der Waals surface area contributed by atoms with Gasteiger partial charge in [-0.05, 0) is 24.3 Å². The molecule has 0 atom stereocenters. The molecule has 2 amide bonds. The van der Waals surface area contributed by atoms with Gasteiger partial charge in [-0.15, -0.1) is 0 Å². The second kappa shape index (κ2) is 8.94. The third-order valence-electron chi connectivity index (χ3n) is 3.80. The van der Waals surface area contributed by atoms with Crippen molar-refractivity contribution in [1.29, 1.82) is 0 Å². The smallest absolute Gasteiger partial charge is 0.239 e. The van der Waals surface area contributed by atoms with Gasteiger partial charge in [0.2, 0.25) is 11.8 Å². The Hall–Kier alpha value is -3.49. The van der Waals surface area contributed by atoms with E-state index in [-0.39, 0.29) is 55.0 Å². The second-order valence-electron chi connectivity index (χ2n) is 5.88. The number of oxazole rings is 1. The maximum absolute atomic E-state index is 13.8. The minimum Gasteiger partial charge on any atom is -0.467 e. The summed E-state index contributed by atoms with van der Waals surface area (Å²) in [6.45, 7) is 0.0674. The summed E-state index contributed by atoms with van der Waals surface area (Å²) in [5.41, 5.74) is 0.0813. The van der Waals surface area contributed by atoms with Crippen molar-refractivity contribution in [3.05, 3.63) is 66.1 Å². The number of benzene rings is 1. The lowest BCUT2D eigenvalue weighted by Crippen LogP contribution is -2.36. The predicted octanol–water partition coefficient (Wildman–Crippen LogP) is 2.58. The molecule has 2 N–H and O–H groups in total. The Morgan fingerprint density at radius 2 is 1.96 bits per heavy atom. The monoisotopic (exact) mass is 389 g/mol. The molecule has 0 saturated carbocycles. The predicted molar refractivity (Wildman–Crippen MR) is 93.7 cm³/mol. The largest absolute Gasteiger partial charge is 0.467 e. The zero-order valence-corrected chi connectivity index (χ0v) is 14.7. The summed E-state index contributed by atoms with van der Waals surface area (Å²) >= 11 is 0. The third kappa shape index (κ3) is 5.26. The Morgan fingerprint density at radius 1 is 1.11 bits per heavy atom. The van der Waals surface area contributed by atoms with Crippen LogP contribution in [0, 0.1) is 11.6 Å². The van der Waals surface area contributed by atoms with Gasteiger partial charge in [-0.1, -0.05) is 0 Å². The molecule has 0 bridgehead atoms. The maximum Gasteiger partial charge on any atom is 0.239 e. The van der Waals surface area contributed by atoms with E-state index in [0.29, 0.717) is 5.76 Å². The number of hydrogen-bond acceptors (Lipinski definition) is 5. The topological polar surface area (TPSA) is 97.4 Å². The van der Waals surface area contributed by atoms with Crippen molar-refractivity contribution >= 4 is 11.8 Å². The summed E-state index contributed by atoms with van der Waals surface area (Å²) in [6, 6.07) is 6.55. The van der Waals surface area contributed by atoms with Crippen LogP contribution in [-0.4, -0.2) is 23.3 Å². The quantitative estimate of drug-likeness (QED) is 0.617. The molecule has 3 aromatic rings. The normalized spacial score (nSPS) is 10.6. The molecule has 0 unspecified atom stereocenters. The summed E-state index contributed by atoms with van der Waals surface area (Å²) < 4.78 is 37.2. The van der Waals surface area contributed by atoms with E-state index in [1.165, 1.54) is 18.5 Å². The van der Waals surface area contributed by atoms with E-state index in [9.17, 15) is 18.4 Å². The molecule has 1 aromatic carbocycles. The number of amides is 2. The highest BCUT2D eigenvalue weighted by Crippen LogP contribution is 2.24. The van der Waals surface area contributed by atoms with Crippen molar-refractivity contribution in [1.82, 2.24) is 15.6 Å². The van der Waals surface area contributed by atoms with Gasteiger partial charge in [0.15, 0.2) is 11.7 Å². The number of carbonyl (C=O) groups is 2. The Labute approximate surface area is 158 Å². The van der Waals surface area contributed by atoms with Crippen molar-refractivity contribution < 1.29 is 27.2 Å². The molecule has 0 fully saturated rings. The van der Waals surface area contributed by atoms with Crippen LogP contribution in [0.4, 0.5) is 8.78 Å². The highest BCUT2D eigenvalue weighted by Gasteiger charge is 2.13. The minimum atomic E-state index is -0.763. The van der Waals surface area contributed by atoms with Crippen LogP contribution in [0.2, 0.25) is 0 Å². The summed E-state index contributed by atoms with van der Waals surface area (Å²) in [5.74, 6) is -1.18. The van der Waals surface area contributed by atoms with Gasteiger partial charge in [0.25, 0.3) is 0 Å². The molecule has 3 rings (SSSR count). The van der Waals surface area contributed by atoms with Gasteiger partial charge in [-0.2, -0.15) is 0 Å². The molecule has 2 aromatic heterocycles. The number of nitrogens with one attached hydrogen (secondary N) is 2. The van der Waals surface area contributed by atoms with Crippen LogP contribution >= 0.6 is 0 Å². The Balaban J connectivity index is 1.42. The van der Waals surface area contributed by atoms with Crippen LogP contribution in [0.3, 0.4) is 0 Å². The summed E-state index contributed by atoms with van der Waals surface area (Å²) in [5, 5.41) is 5.09. The lowest BCUT2D eigenvalue weighted by molar-refractivity contribution is -0.126. The molecule has 0 aliphatic rings. The summed E-state index contributed by atoms with van der Waals surface area (Å²) in [6.07, 6.45) is 3.02. The number of nitrogens with zero attached hydrogens (tertiary/aromatic N) is 1. The average molecular weight is 389 g/mol. The van der Waals surface area contributed by atoms with Crippen molar-refractivity contribution in [2.24, 2.45) is 0 Å². The lowest BCUT2D eigenvalue weighted by atomic mass is 10.2. The maximum atomic E-state index is 13.8. The molecule has 9 heteroatoms. The van der Waals surface area contributed by atoms with E-state index >= 15 is 0 Å². The van der Waals surface area contributed by atoms with Crippen LogP contribution in [-0.2, 0) is 22.6 Å². The average Bonchev–Trinajstić information content (AvgIpc) is 3.35. The van der Waals surface area contributed by atoms with Crippen LogP contribution in [0.5, 0.6) is 0 Å². The van der Waals surface area contributed by atoms with Gasteiger partial charge >= 0.3 is 0 Å². The molecule has 2 heterocycles. The minimum absolute atomic E-state index is 0.0390. The molecular formula is C19H17F2N3O4. The molecule has 7 nitrogen and oxygen atoms in total. The van der Waals surface area contributed by atoms with E-state index in [0.717, 1.165) is 12.1 Å². The highest BCUT2D eigenvalue weighted by atomic mass is 19.1. The van der Waals surface area contributed by atoms with E-state index in [4.69, 9.17) is 8.83 Å². The number of hydrogen-bond donors (Lipinski definition) is 2. The first-order valence-electron chi connectivity index (χ1n) is 8.47. The first kappa shape index (κ1) is 19.3. The van der Waals surface area contributed by atoms with Crippen LogP contribution in [0.25, 0.3) is 11.3 Å². The number of aryl methyl sites for hydroxylation is 1. The van der Waals surface area contributed by atoms with Gasteiger partial charge in [0, 0.05) is 18.9 Å². The molecule has 0 aliphatic heterocycles. The van der Waals surface area contributed by atoms with Crippen molar-refractivity contribution in [3.63, 3.8) is 0 Å². The number of halogens is 2. The number of aromatic nitrogens is 1. The van der Waals surface area contributed by atoms with Crippen LogP contribution in [0.1, 0.15) is 18.1 Å². The summed E-state index contributed by atoms with van der Waals surface area (Å²) in [7, 11) is 0. The van der Waals surface area contributed by atoms with Gasteiger partial charge in [-0.3, -0.25) is 9.59 Å². The van der Waals surface area contributed by atoms with Crippen molar-refractivity contribution in [2.45, 2.75) is 19.4 Å². The lowest BCUT2D eigenvalue weighted by Gasteiger charge is -2.05. The van der Waals surface area contributed by atoms with Gasteiger partial charge in [-0.25, -0.2) is 13.8 Å². The molecule has 146 valence electrons. The fraction of sp³-hybridized carbons (Fsp3) is 0.211. The SMILES string of the molecule is O=C(CCc1ncc(-c2ccc(F)cc2F)o1)NCC(=O)NCc1ccco1. The van der Waals surface area contributed by atoms with Gasteiger partial charge < -0.3 is 19.5 Å². The molecule has 0 spiro atoms. The molecule has 0 radical (unpaired) electrons. The number of furan rings is 1. The van der Waals surface area contributed by atoms with Crippen molar-refractivity contribution in [3.8, 4) is 11.3 Å². The first-order valence-corrected chi connectivity index (χ1v) is 8.47. The number of carbonyl (C=O) groups excluding carboxylic acids is 2. The zero-order valence-electron chi connectivity index (χ0n) is 14.7. The summed E-state index contributed by atoms with van der Waals surface area (Å²) in [4.78, 5) is 27.5. The Bertz CT molecular complexity index is 954.